The van der Waals surface area contributed by atoms with Crippen LogP contribution < -0.4 is 5.32 Å². The maximum absolute atomic E-state index is 13.3. The number of benzene rings is 2. The molecule has 0 bridgehead atoms. The van der Waals surface area contributed by atoms with E-state index in [0.717, 1.165) is 29.7 Å². The van der Waals surface area contributed by atoms with Crippen LogP contribution in [0.1, 0.15) is 30.4 Å². The summed E-state index contributed by atoms with van der Waals surface area (Å²) in [5.74, 6) is -0.574. The molecule has 2 unspecified atom stereocenters. The summed E-state index contributed by atoms with van der Waals surface area (Å²) in [5.41, 5.74) is 3.13. The Kier molecular flexibility index (Phi) is 7.28. The molecule has 0 radical (unpaired) electrons. The van der Waals surface area contributed by atoms with Gasteiger partial charge in [-0.3, -0.25) is 24.6 Å². The Balaban J connectivity index is 1.52. The van der Waals surface area contributed by atoms with Crippen LogP contribution in [0.4, 0.5) is 17.1 Å². The highest BCUT2D eigenvalue weighted by Crippen LogP contribution is 2.34. The van der Waals surface area contributed by atoms with E-state index in [4.69, 9.17) is 9.73 Å². The average Bonchev–Trinajstić information content (AvgIpc) is 3.41. The van der Waals surface area contributed by atoms with Crippen LogP contribution in [0.15, 0.2) is 47.5 Å². The normalized spacial score (nSPS) is 21.3. The number of ether oxygens (including phenoxy) is 1. The van der Waals surface area contributed by atoms with Crippen LogP contribution >= 0.6 is 11.8 Å². The van der Waals surface area contributed by atoms with E-state index in [1.165, 1.54) is 30.0 Å². The van der Waals surface area contributed by atoms with Gasteiger partial charge in [0.2, 0.25) is 11.8 Å². The molecule has 2 heterocycles. The molecule has 34 heavy (non-hydrogen) atoms. The highest BCUT2D eigenvalue weighted by atomic mass is 32.2. The van der Waals surface area contributed by atoms with Crippen molar-refractivity contribution in [2.75, 3.05) is 18.5 Å². The lowest BCUT2D eigenvalue weighted by Gasteiger charge is -2.20. The van der Waals surface area contributed by atoms with Crippen molar-refractivity contribution < 1.29 is 19.2 Å². The first-order valence-electron chi connectivity index (χ1n) is 11.1. The zero-order valence-corrected chi connectivity index (χ0v) is 19.8. The first-order valence-corrected chi connectivity index (χ1v) is 12.0. The molecule has 2 aromatic carbocycles. The maximum atomic E-state index is 13.3. The van der Waals surface area contributed by atoms with Crippen molar-refractivity contribution in [1.82, 2.24) is 4.90 Å². The van der Waals surface area contributed by atoms with E-state index in [1.54, 1.807) is 11.0 Å². The van der Waals surface area contributed by atoms with Crippen molar-refractivity contribution in [3.05, 3.63) is 63.7 Å². The topological polar surface area (TPSA) is 114 Å². The SMILES string of the molecule is Cc1cccc(N=C2SC(CC(=O)Nc3cccc([N+](=O)[O-])c3)C(=O)N2CC2CCCO2)c1C. The summed E-state index contributed by atoms with van der Waals surface area (Å²) in [7, 11) is 0. The van der Waals surface area contributed by atoms with Gasteiger partial charge >= 0.3 is 0 Å². The van der Waals surface area contributed by atoms with E-state index in [9.17, 15) is 19.7 Å². The largest absolute Gasteiger partial charge is 0.376 e. The molecule has 2 aliphatic heterocycles. The molecule has 2 fully saturated rings. The fraction of sp³-hybridized carbons (Fsp3) is 0.375. The van der Waals surface area contributed by atoms with E-state index in [1.807, 2.05) is 32.0 Å². The van der Waals surface area contributed by atoms with E-state index in [0.29, 0.717) is 24.0 Å². The molecule has 0 aliphatic carbocycles. The number of thioether (sulfide) groups is 1. The number of aliphatic imine (C=N–C) groups is 1. The van der Waals surface area contributed by atoms with Crippen molar-refractivity contribution in [2.24, 2.45) is 4.99 Å². The van der Waals surface area contributed by atoms with Gasteiger partial charge < -0.3 is 10.1 Å². The number of carbonyl (C=O) groups is 2. The summed E-state index contributed by atoms with van der Waals surface area (Å²) < 4.78 is 5.74. The summed E-state index contributed by atoms with van der Waals surface area (Å²) in [5, 5.41) is 13.6. The van der Waals surface area contributed by atoms with Gasteiger partial charge in [0.25, 0.3) is 5.69 Å². The third-order valence-corrected chi connectivity index (χ3v) is 7.11. The van der Waals surface area contributed by atoms with Crippen molar-refractivity contribution >= 4 is 45.8 Å². The van der Waals surface area contributed by atoms with Crippen molar-refractivity contribution in [2.45, 2.75) is 44.5 Å². The van der Waals surface area contributed by atoms with Gasteiger partial charge in [-0.1, -0.05) is 30.0 Å². The van der Waals surface area contributed by atoms with Gasteiger partial charge in [0, 0.05) is 30.8 Å². The fourth-order valence-corrected chi connectivity index (χ4v) is 5.08. The summed E-state index contributed by atoms with van der Waals surface area (Å²) in [6.07, 6.45) is 1.72. The van der Waals surface area contributed by atoms with Gasteiger partial charge in [-0.15, -0.1) is 0 Å². The van der Waals surface area contributed by atoms with Gasteiger partial charge in [0.05, 0.1) is 23.3 Å². The Bertz CT molecular complexity index is 1150. The number of amidine groups is 1. The quantitative estimate of drug-likeness (QED) is 0.464. The monoisotopic (exact) mass is 482 g/mol. The van der Waals surface area contributed by atoms with Gasteiger partial charge in [-0.05, 0) is 49.9 Å². The molecule has 9 nitrogen and oxygen atoms in total. The fourth-order valence-electron chi connectivity index (χ4n) is 3.92. The van der Waals surface area contributed by atoms with Gasteiger partial charge in [0.1, 0.15) is 5.25 Å². The summed E-state index contributed by atoms with van der Waals surface area (Å²) in [6, 6.07) is 11.6. The zero-order chi connectivity index (χ0) is 24.2. The Hall–Kier alpha value is -3.24. The molecule has 2 amide bonds. The number of nitrogens with zero attached hydrogens (tertiary/aromatic N) is 3. The average molecular weight is 483 g/mol. The summed E-state index contributed by atoms with van der Waals surface area (Å²) in [4.78, 5) is 42.8. The van der Waals surface area contributed by atoms with Gasteiger partial charge in [-0.2, -0.15) is 0 Å². The third kappa shape index (κ3) is 5.45. The number of anilines is 1. The minimum Gasteiger partial charge on any atom is -0.376 e. The lowest BCUT2D eigenvalue weighted by molar-refractivity contribution is -0.384. The number of aryl methyl sites for hydroxylation is 1. The number of nitro groups is 1. The summed E-state index contributed by atoms with van der Waals surface area (Å²) in [6.45, 7) is 5.08. The molecule has 0 spiro atoms. The van der Waals surface area contributed by atoms with Crippen molar-refractivity contribution in [3.8, 4) is 0 Å². The van der Waals surface area contributed by atoms with Crippen LogP contribution in [-0.4, -0.2) is 51.3 Å². The van der Waals surface area contributed by atoms with E-state index >= 15 is 0 Å². The minimum atomic E-state index is -0.635. The Labute approximate surface area is 201 Å². The number of rotatable bonds is 7. The van der Waals surface area contributed by atoms with Crippen LogP contribution in [0.25, 0.3) is 0 Å². The molecule has 0 aromatic heterocycles. The van der Waals surface area contributed by atoms with Crippen molar-refractivity contribution in [1.29, 1.82) is 0 Å². The van der Waals surface area contributed by atoms with Crippen LogP contribution in [-0.2, 0) is 14.3 Å². The molecule has 2 atom stereocenters. The first-order chi connectivity index (χ1) is 16.3. The second kappa shape index (κ2) is 10.4. The highest BCUT2D eigenvalue weighted by molar-refractivity contribution is 8.15. The number of hydrogen-bond acceptors (Lipinski definition) is 7. The van der Waals surface area contributed by atoms with Crippen molar-refractivity contribution in [3.63, 3.8) is 0 Å². The number of carbonyl (C=O) groups excluding carboxylic acids is 2. The number of non-ortho nitro benzene ring substituents is 1. The molecule has 178 valence electrons. The standard InChI is InChI=1S/C24H26N4O5S/c1-15-6-3-10-20(16(15)2)26-24-27(14-19-9-5-11-33-19)23(30)21(34-24)13-22(29)25-17-7-4-8-18(12-17)28(31)32/h3-4,6-8,10,12,19,21H,5,9,11,13-14H2,1-2H3,(H,25,29). The molecule has 1 N–H and O–H groups in total. The Morgan fingerprint density at radius 1 is 1.29 bits per heavy atom. The molecular formula is C24H26N4O5S. The minimum absolute atomic E-state index is 0.0502. The van der Waals surface area contributed by atoms with Crippen LogP contribution in [0, 0.1) is 24.0 Å². The molecule has 0 saturated carbocycles. The smallest absolute Gasteiger partial charge is 0.271 e. The van der Waals surface area contributed by atoms with Gasteiger partial charge in [0.15, 0.2) is 5.17 Å². The second-order valence-electron chi connectivity index (χ2n) is 8.36. The van der Waals surface area contributed by atoms with Crippen LogP contribution in [0.3, 0.4) is 0 Å². The molecule has 2 aliphatic rings. The van der Waals surface area contributed by atoms with Gasteiger partial charge in [-0.25, -0.2) is 4.99 Å². The van der Waals surface area contributed by atoms with E-state index in [-0.39, 0.29) is 24.1 Å². The number of nitro benzene ring substituents is 1. The number of hydrogen-bond donors (Lipinski definition) is 1. The zero-order valence-electron chi connectivity index (χ0n) is 19.0. The number of nitrogens with one attached hydrogen (secondary N) is 1. The lowest BCUT2D eigenvalue weighted by atomic mass is 10.1. The molecule has 2 aromatic rings. The third-order valence-electron chi connectivity index (χ3n) is 5.93. The number of amides is 2. The maximum Gasteiger partial charge on any atom is 0.271 e. The first kappa shape index (κ1) is 23.9. The molecular weight excluding hydrogens is 456 g/mol. The molecule has 4 rings (SSSR count). The molecule has 2 saturated heterocycles. The molecule has 10 heteroatoms. The lowest BCUT2D eigenvalue weighted by Crippen LogP contribution is -2.38. The second-order valence-corrected chi connectivity index (χ2v) is 9.53. The predicted molar refractivity (Wildman–Crippen MR) is 131 cm³/mol. The van der Waals surface area contributed by atoms with Crippen LogP contribution in [0.2, 0.25) is 0 Å². The van der Waals surface area contributed by atoms with E-state index in [2.05, 4.69) is 5.32 Å². The van der Waals surface area contributed by atoms with E-state index < -0.39 is 16.1 Å². The Morgan fingerprint density at radius 2 is 2.09 bits per heavy atom. The highest BCUT2D eigenvalue weighted by Gasteiger charge is 2.40. The van der Waals surface area contributed by atoms with Crippen LogP contribution in [0.5, 0.6) is 0 Å². The Morgan fingerprint density at radius 3 is 2.82 bits per heavy atom. The summed E-state index contributed by atoms with van der Waals surface area (Å²) >= 11 is 1.27. The predicted octanol–water partition coefficient (Wildman–Crippen LogP) is 4.35.